The SMILES string of the molecule is CCCn1nccc1C(NN)C(F)(F)F. The highest BCUT2D eigenvalue weighted by Gasteiger charge is 2.41. The summed E-state index contributed by atoms with van der Waals surface area (Å²) < 4.78 is 38.9. The molecule has 0 spiro atoms. The van der Waals surface area contributed by atoms with Crippen molar-refractivity contribution in [2.24, 2.45) is 5.84 Å². The molecule has 4 nitrogen and oxygen atoms in total. The molecular weight excluding hydrogens is 209 g/mol. The van der Waals surface area contributed by atoms with E-state index in [1.54, 1.807) is 5.43 Å². The molecule has 0 saturated carbocycles. The molecule has 3 N–H and O–H groups in total. The Hall–Kier alpha value is -1.08. The zero-order chi connectivity index (χ0) is 11.5. The third-order valence-electron chi connectivity index (χ3n) is 1.97. The van der Waals surface area contributed by atoms with Gasteiger partial charge in [0.05, 0.1) is 5.69 Å². The van der Waals surface area contributed by atoms with E-state index in [1.807, 2.05) is 6.92 Å². The summed E-state index contributed by atoms with van der Waals surface area (Å²) in [7, 11) is 0. The first-order valence-corrected chi connectivity index (χ1v) is 4.55. The largest absolute Gasteiger partial charge is 0.410 e. The summed E-state index contributed by atoms with van der Waals surface area (Å²) in [5.41, 5.74) is 1.79. The quantitative estimate of drug-likeness (QED) is 0.597. The summed E-state index contributed by atoms with van der Waals surface area (Å²) in [4.78, 5) is 0. The van der Waals surface area contributed by atoms with Gasteiger partial charge < -0.3 is 0 Å². The van der Waals surface area contributed by atoms with Crippen molar-refractivity contribution in [3.63, 3.8) is 0 Å². The first-order chi connectivity index (χ1) is 7.00. The molecule has 1 aromatic heterocycles. The fraction of sp³-hybridized carbons (Fsp3) is 0.625. The van der Waals surface area contributed by atoms with Gasteiger partial charge in [0, 0.05) is 12.7 Å². The minimum absolute atomic E-state index is 0.0341. The third kappa shape index (κ3) is 2.69. The molecular formula is C8H13F3N4. The second-order valence-corrected chi connectivity index (χ2v) is 3.12. The number of aromatic nitrogens is 2. The number of aryl methyl sites for hydroxylation is 1. The predicted molar refractivity (Wildman–Crippen MR) is 48.6 cm³/mol. The van der Waals surface area contributed by atoms with Crippen LogP contribution in [0.1, 0.15) is 25.1 Å². The monoisotopic (exact) mass is 222 g/mol. The molecule has 7 heteroatoms. The Morgan fingerprint density at radius 2 is 2.27 bits per heavy atom. The summed E-state index contributed by atoms with van der Waals surface area (Å²) in [6.07, 6.45) is -2.37. The van der Waals surface area contributed by atoms with E-state index in [4.69, 9.17) is 5.84 Å². The summed E-state index contributed by atoms with van der Waals surface area (Å²) >= 11 is 0. The highest BCUT2D eigenvalue weighted by molar-refractivity contribution is 5.09. The van der Waals surface area contributed by atoms with Crippen LogP contribution in [0.4, 0.5) is 13.2 Å². The number of nitrogens with zero attached hydrogens (tertiary/aromatic N) is 2. The molecule has 1 aromatic rings. The van der Waals surface area contributed by atoms with E-state index < -0.39 is 12.2 Å². The van der Waals surface area contributed by atoms with Gasteiger partial charge in [-0.3, -0.25) is 10.5 Å². The van der Waals surface area contributed by atoms with Crippen LogP contribution in [0.2, 0.25) is 0 Å². The van der Waals surface area contributed by atoms with Crippen molar-refractivity contribution >= 4 is 0 Å². The standard InChI is InChI=1S/C8H13F3N4/c1-2-5-15-6(3-4-13-15)7(14-12)8(9,10)11/h3-4,7,14H,2,5,12H2,1H3. The molecule has 0 aliphatic carbocycles. The van der Waals surface area contributed by atoms with Crippen molar-refractivity contribution < 1.29 is 13.2 Å². The molecule has 86 valence electrons. The summed E-state index contributed by atoms with van der Waals surface area (Å²) in [5, 5.41) is 3.81. The van der Waals surface area contributed by atoms with Crippen LogP contribution < -0.4 is 11.3 Å². The Bertz CT molecular complexity index is 307. The van der Waals surface area contributed by atoms with E-state index in [0.29, 0.717) is 13.0 Å². The Morgan fingerprint density at radius 1 is 1.60 bits per heavy atom. The molecule has 15 heavy (non-hydrogen) atoms. The van der Waals surface area contributed by atoms with Crippen molar-refractivity contribution in [1.82, 2.24) is 15.2 Å². The molecule has 1 heterocycles. The molecule has 0 bridgehead atoms. The normalized spacial score (nSPS) is 14.2. The lowest BCUT2D eigenvalue weighted by Gasteiger charge is -2.20. The number of hydrogen-bond acceptors (Lipinski definition) is 3. The van der Waals surface area contributed by atoms with Crippen LogP contribution in [0.3, 0.4) is 0 Å². The van der Waals surface area contributed by atoms with Gasteiger partial charge >= 0.3 is 6.18 Å². The van der Waals surface area contributed by atoms with Crippen molar-refractivity contribution in [1.29, 1.82) is 0 Å². The Kier molecular flexibility index (Phi) is 3.70. The molecule has 0 radical (unpaired) electrons. The minimum atomic E-state index is -4.42. The molecule has 0 saturated heterocycles. The van der Waals surface area contributed by atoms with Crippen molar-refractivity contribution in [2.45, 2.75) is 32.1 Å². The van der Waals surface area contributed by atoms with Crippen molar-refractivity contribution in [3.8, 4) is 0 Å². The van der Waals surface area contributed by atoms with Crippen LogP contribution in [0.15, 0.2) is 12.3 Å². The summed E-state index contributed by atoms with van der Waals surface area (Å²) in [6.45, 7) is 2.31. The van der Waals surface area contributed by atoms with Crippen LogP contribution in [0.5, 0.6) is 0 Å². The Labute approximate surface area is 85.2 Å². The number of halogens is 3. The number of rotatable bonds is 4. The van der Waals surface area contributed by atoms with Gasteiger partial charge in [-0.25, -0.2) is 5.43 Å². The van der Waals surface area contributed by atoms with Crippen LogP contribution >= 0.6 is 0 Å². The Morgan fingerprint density at radius 3 is 2.73 bits per heavy atom. The van der Waals surface area contributed by atoms with Gasteiger partial charge in [-0.1, -0.05) is 6.92 Å². The van der Waals surface area contributed by atoms with E-state index in [0.717, 1.165) is 0 Å². The maximum atomic E-state index is 12.5. The van der Waals surface area contributed by atoms with Gasteiger partial charge in [0.2, 0.25) is 0 Å². The average Bonchev–Trinajstić information content (AvgIpc) is 2.53. The maximum absolute atomic E-state index is 12.5. The van der Waals surface area contributed by atoms with E-state index in [9.17, 15) is 13.2 Å². The Balaban J connectivity index is 2.96. The summed E-state index contributed by atoms with van der Waals surface area (Å²) in [6, 6.07) is -0.556. The van der Waals surface area contributed by atoms with E-state index in [1.165, 1.54) is 16.9 Å². The fourth-order valence-electron chi connectivity index (χ4n) is 1.33. The molecule has 0 fully saturated rings. The zero-order valence-electron chi connectivity index (χ0n) is 8.25. The van der Waals surface area contributed by atoms with Crippen LogP contribution in [-0.2, 0) is 6.54 Å². The third-order valence-corrected chi connectivity index (χ3v) is 1.97. The van der Waals surface area contributed by atoms with Gasteiger partial charge in [-0.2, -0.15) is 18.3 Å². The van der Waals surface area contributed by atoms with E-state index >= 15 is 0 Å². The first-order valence-electron chi connectivity index (χ1n) is 4.55. The van der Waals surface area contributed by atoms with Gasteiger partial charge in [-0.05, 0) is 12.5 Å². The molecule has 1 unspecified atom stereocenters. The lowest BCUT2D eigenvalue weighted by molar-refractivity contribution is -0.159. The average molecular weight is 222 g/mol. The minimum Gasteiger partial charge on any atom is -0.271 e. The molecule has 0 aromatic carbocycles. The lowest BCUT2D eigenvalue weighted by Crippen LogP contribution is -2.39. The van der Waals surface area contributed by atoms with E-state index in [-0.39, 0.29) is 5.69 Å². The number of nitrogens with one attached hydrogen (secondary N) is 1. The molecule has 1 atom stereocenters. The number of nitrogens with two attached hydrogens (primary N) is 1. The van der Waals surface area contributed by atoms with Crippen LogP contribution in [0, 0.1) is 0 Å². The highest BCUT2D eigenvalue weighted by Crippen LogP contribution is 2.31. The van der Waals surface area contributed by atoms with Gasteiger partial charge in [-0.15, -0.1) is 0 Å². The molecule has 0 aliphatic rings. The van der Waals surface area contributed by atoms with Gasteiger partial charge in [0.15, 0.2) is 6.04 Å². The van der Waals surface area contributed by atoms with Gasteiger partial charge in [0.25, 0.3) is 0 Å². The smallest absolute Gasteiger partial charge is 0.271 e. The van der Waals surface area contributed by atoms with Gasteiger partial charge in [0.1, 0.15) is 0 Å². The highest BCUT2D eigenvalue weighted by atomic mass is 19.4. The second-order valence-electron chi connectivity index (χ2n) is 3.12. The maximum Gasteiger partial charge on any atom is 0.410 e. The topological polar surface area (TPSA) is 55.9 Å². The number of alkyl halides is 3. The number of hydrazine groups is 1. The van der Waals surface area contributed by atoms with Crippen LogP contribution in [-0.4, -0.2) is 16.0 Å². The summed E-state index contributed by atoms with van der Waals surface area (Å²) in [5.74, 6) is 4.90. The number of hydrogen-bond donors (Lipinski definition) is 2. The molecule has 1 rings (SSSR count). The first kappa shape index (κ1) is 12.0. The fourth-order valence-corrected chi connectivity index (χ4v) is 1.33. The zero-order valence-corrected chi connectivity index (χ0v) is 8.25. The second kappa shape index (κ2) is 4.63. The van der Waals surface area contributed by atoms with Crippen LogP contribution in [0.25, 0.3) is 0 Å². The van der Waals surface area contributed by atoms with Crippen molar-refractivity contribution in [3.05, 3.63) is 18.0 Å². The van der Waals surface area contributed by atoms with Crippen molar-refractivity contribution in [2.75, 3.05) is 0 Å². The predicted octanol–water partition coefficient (Wildman–Crippen LogP) is 1.36. The lowest BCUT2D eigenvalue weighted by atomic mass is 10.2. The van der Waals surface area contributed by atoms with E-state index in [2.05, 4.69) is 5.10 Å². The molecule has 0 amide bonds. The molecule has 0 aliphatic heterocycles.